The standard InChI is InChI=1S/C22H24N4O3/c1-15-4-6-16(7-5-15)11-24-21-14-23-18(13-25-21)22(27)26-12-17-8-9-19(28-2)20(10-17)29-3/h4-10,13-14H,11-12H2,1-3H3,(H,24,25)(H,26,27). The van der Waals surface area contributed by atoms with E-state index in [-0.39, 0.29) is 11.6 Å². The Kier molecular flexibility index (Phi) is 6.63. The van der Waals surface area contributed by atoms with Crippen molar-refractivity contribution < 1.29 is 14.3 Å². The molecule has 0 fully saturated rings. The van der Waals surface area contributed by atoms with E-state index in [2.05, 4.69) is 51.8 Å². The number of carbonyl (C=O) groups excluding carboxylic acids is 1. The zero-order valence-corrected chi connectivity index (χ0v) is 16.7. The molecule has 0 aliphatic carbocycles. The molecule has 0 bridgehead atoms. The van der Waals surface area contributed by atoms with Crippen LogP contribution in [0.5, 0.6) is 11.5 Å². The van der Waals surface area contributed by atoms with Gasteiger partial charge < -0.3 is 20.1 Å². The normalized spacial score (nSPS) is 10.3. The Morgan fingerprint density at radius 1 is 0.897 bits per heavy atom. The minimum absolute atomic E-state index is 0.256. The highest BCUT2D eigenvalue weighted by atomic mass is 16.5. The molecule has 7 heteroatoms. The molecule has 0 spiro atoms. The first kappa shape index (κ1) is 20.1. The summed E-state index contributed by atoms with van der Waals surface area (Å²) in [7, 11) is 3.15. The number of aryl methyl sites for hydroxylation is 1. The molecule has 1 aromatic heterocycles. The first-order valence-corrected chi connectivity index (χ1v) is 9.19. The number of methoxy groups -OCH3 is 2. The lowest BCUT2D eigenvalue weighted by Gasteiger charge is -2.10. The second-order valence-corrected chi connectivity index (χ2v) is 6.50. The summed E-state index contributed by atoms with van der Waals surface area (Å²) in [5.41, 5.74) is 3.51. The van der Waals surface area contributed by atoms with E-state index >= 15 is 0 Å². The number of carbonyl (C=O) groups is 1. The molecule has 0 aliphatic heterocycles. The smallest absolute Gasteiger partial charge is 0.271 e. The van der Waals surface area contributed by atoms with Crippen LogP contribution in [0.4, 0.5) is 5.82 Å². The Bertz CT molecular complexity index is 957. The van der Waals surface area contributed by atoms with E-state index < -0.39 is 0 Å². The molecule has 29 heavy (non-hydrogen) atoms. The highest BCUT2D eigenvalue weighted by Gasteiger charge is 2.09. The molecule has 150 valence electrons. The first-order chi connectivity index (χ1) is 14.1. The lowest BCUT2D eigenvalue weighted by atomic mass is 10.1. The van der Waals surface area contributed by atoms with Gasteiger partial charge in [-0.15, -0.1) is 0 Å². The van der Waals surface area contributed by atoms with Crippen LogP contribution in [0.1, 0.15) is 27.2 Å². The van der Waals surface area contributed by atoms with Crippen molar-refractivity contribution in [3.8, 4) is 11.5 Å². The Balaban J connectivity index is 1.54. The Morgan fingerprint density at radius 3 is 2.28 bits per heavy atom. The van der Waals surface area contributed by atoms with Crippen LogP contribution in [0.15, 0.2) is 54.9 Å². The quantitative estimate of drug-likeness (QED) is 0.612. The number of anilines is 1. The number of amides is 1. The topological polar surface area (TPSA) is 85.4 Å². The van der Waals surface area contributed by atoms with Crippen LogP contribution < -0.4 is 20.1 Å². The van der Waals surface area contributed by atoms with Gasteiger partial charge in [-0.05, 0) is 30.2 Å². The van der Waals surface area contributed by atoms with Crippen molar-refractivity contribution in [3.05, 3.63) is 77.2 Å². The van der Waals surface area contributed by atoms with Gasteiger partial charge in [0.25, 0.3) is 5.91 Å². The predicted octanol–water partition coefficient (Wildman–Crippen LogP) is 3.34. The molecule has 0 atom stereocenters. The third-order valence-electron chi connectivity index (χ3n) is 4.38. The zero-order valence-electron chi connectivity index (χ0n) is 16.7. The molecule has 0 aliphatic rings. The summed E-state index contributed by atoms with van der Waals surface area (Å²) in [5.74, 6) is 1.57. The highest BCUT2D eigenvalue weighted by molar-refractivity contribution is 5.91. The molecular formula is C22H24N4O3. The highest BCUT2D eigenvalue weighted by Crippen LogP contribution is 2.27. The van der Waals surface area contributed by atoms with E-state index in [1.807, 2.05) is 12.1 Å². The second-order valence-electron chi connectivity index (χ2n) is 6.50. The van der Waals surface area contributed by atoms with E-state index in [0.717, 1.165) is 11.1 Å². The van der Waals surface area contributed by atoms with Crippen LogP contribution in [0.3, 0.4) is 0 Å². The van der Waals surface area contributed by atoms with Crippen LogP contribution in [0.2, 0.25) is 0 Å². The summed E-state index contributed by atoms with van der Waals surface area (Å²) in [4.78, 5) is 20.8. The maximum atomic E-state index is 12.3. The number of benzene rings is 2. The number of nitrogens with zero attached hydrogens (tertiary/aromatic N) is 2. The van der Waals surface area contributed by atoms with Gasteiger partial charge in [0.05, 0.1) is 26.6 Å². The van der Waals surface area contributed by atoms with Crippen molar-refractivity contribution in [2.75, 3.05) is 19.5 Å². The lowest BCUT2D eigenvalue weighted by molar-refractivity contribution is 0.0945. The summed E-state index contributed by atoms with van der Waals surface area (Å²) in [6, 6.07) is 13.7. The van der Waals surface area contributed by atoms with Gasteiger partial charge in [-0.3, -0.25) is 4.79 Å². The van der Waals surface area contributed by atoms with Gasteiger partial charge in [0.15, 0.2) is 11.5 Å². The van der Waals surface area contributed by atoms with Gasteiger partial charge in [-0.2, -0.15) is 0 Å². The van der Waals surface area contributed by atoms with E-state index in [4.69, 9.17) is 9.47 Å². The van der Waals surface area contributed by atoms with E-state index in [9.17, 15) is 4.79 Å². The molecule has 2 aromatic carbocycles. The van der Waals surface area contributed by atoms with Crippen molar-refractivity contribution >= 4 is 11.7 Å². The number of hydrogen-bond donors (Lipinski definition) is 2. The number of aromatic nitrogens is 2. The van der Waals surface area contributed by atoms with Gasteiger partial charge in [0.1, 0.15) is 11.5 Å². The average molecular weight is 392 g/mol. The number of rotatable bonds is 8. The third-order valence-corrected chi connectivity index (χ3v) is 4.38. The van der Waals surface area contributed by atoms with Gasteiger partial charge in [-0.25, -0.2) is 9.97 Å². The molecular weight excluding hydrogens is 368 g/mol. The van der Waals surface area contributed by atoms with Gasteiger partial charge >= 0.3 is 0 Å². The van der Waals surface area contributed by atoms with Gasteiger partial charge in [-0.1, -0.05) is 35.9 Å². The molecule has 0 saturated carbocycles. The lowest BCUT2D eigenvalue weighted by Crippen LogP contribution is -2.24. The fraction of sp³-hybridized carbons (Fsp3) is 0.227. The Labute approximate surface area is 170 Å². The maximum Gasteiger partial charge on any atom is 0.271 e. The summed E-state index contributed by atoms with van der Waals surface area (Å²) in [6.45, 7) is 3.03. The molecule has 7 nitrogen and oxygen atoms in total. The summed E-state index contributed by atoms with van der Waals surface area (Å²) in [5, 5.41) is 6.03. The van der Waals surface area contributed by atoms with Crippen LogP contribution in [-0.2, 0) is 13.1 Å². The minimum Gasteiger partial charge on any atom is -0.493 e. The Hall–Kier alpha value is -3.61. The van der Waals surface area contributed by atoms with Crippen LogP contribution in [0.25, 0.3) is 0 Å². The Morgan fingerprint density at radius 2 is 1.62 bits per heavy atom. The van der Waals surface area contributed by atoms with Gasteiger partial charge in [0, 0.05) is 13.1 Å². The molecule has 0 unspecified atom stereocenters. The molecule has 2 N–H and O–H groups in total. The predicted molar refractivity (Wildman–Crippen MR) is 111 cm³/mol. The number of nitrogens with one attached hydrogen (secondary N) is 2. The second kappa shape index (κ2) is 9.54. The molecule has 1 heterocycles. The summed E-state index contributed by atoms with van der Waals surface area (Å²) in [6.07, 6.45) is 3.01. The van der Waals surface area contributed by atoms with Crippen molar-refractivity contribution in [2.45, 2.75) is 20.0 Å². The minimum atomic E-state index is -0.294. The zero-order chi connectivity index (χ0) is 20.6. The number of hydrogen-bond acceptors (Lipinski definition) is 6. The summed E-state index contributed by atoms with van der Waals surface area (Å²) >= 11 is 0. The molecule has 0 saturated heterocycles. The van der Waals surface area contributed by atoms with E-state index in [1.54, 1.807) is 26.5 Å². The van der Waals surface area contributed by atoms with Crippen LogP contribution in [0, 0.1) is 6.92 Å². The molecule has 3 rings (SSSR count). The first-order valence-electron chi connectivity index (χ1n) is 9.19. The monoisotopic (exact) mass is 392 g/mol. The fourth-order valence-corrected chi connectivity index (χ4v) is 2.70. The molecule has 1 amide bonds. The maximum absolute atomic E-state index is 12.3. The van der Waals surface area contributed by atoms with Crippen LogP contribution >= 0.6 is 0 Å². The van der Waals surface area contributed by atoms with Crippen LogP contribution in [-0.4, -0.2) is 30.1 Å². The number of ether oxygens (including phenoxy) is 2. The van der Waals surface area contributed by atoms with E-state index in [0.29, 0.717) is 30.4 Å². The molecule has 3 aromatic rings. The van der Waals surface area contributed by atoms with Crippen molar-refractivity contribution in [1.29, 1.82) is 0 Å². The summed E-state index contributed by atoms with van der Waals surface area (Å²) < 4.78 is 10.5. The van der Waals surface area contributed by atoms with E-state index in [1.165, 1.54) is 11.8 Å². The molecule has 0 radical (unpaired) electrons. The largest absolute Gasteiger partial charge is 0.493 e. The van der Waals surface area contributed by atoms with Crippen molar-refractivity contribution in [2.24, 2.45) is 0 Å². The van der Waals surface area contributed by atoms with Crippen molar-refractivity contribution in [1.82, 2.24) is 15.3 Å². The SMILES string of the molecule is COc1ccc(CNC(=O)c2cnc(NCc3ccc(C)cc3)cn2)cc1OC. The van der Waals surface area contributed by atoms with Crippen molar-refractivity contribution in [3.63, 3.8) is 0 Å². The van der Waals surface area contributed by atoms with Gasteiger partial charge in [0.2, 0.25) is 0 Å². The fourth-order valence-electron chi connectivity index (χ4n) is 2.70. The average Bonchev–Trinajstić information content (AvgIpc) is 2.77. The third kappa shape index (κ3) is 5.44.